The third kappa shape index (κ3) is 3.49. The van der Waals surface area contributed by atoms with Crippen LogP contribution in [-0.2, 0) is 4.74 Å². The van der Waals surface area contributed by atoms with E-state index in [2.05, 4.69) is 30.9 Å². The number of fused-ring (bicyclic) bond motifs is 1. The fourth-order valence-electron chi connectivity index (χ4n) is 2.39. The Hall–Kier alpha value is -2.26. The summed E-state index contributed by atoms with van der Waals surface area (Å²) in [6.07, 6.45) is 1.68. The highest BCUT2D eigenvalue weighted by Crippen LogP contribution is 2.36. The second kappa shape index (κ2) is 6.48. The zero-order valence-corrected chi connectivity index (χ0v) is 16.4. The topological polar surface area (TPSA) is 95.9 Å². The fourth-order valence-corrected chi connectivity index (χ4v) is 3.18. The summed E-state index contributed by atoms with van der Waals surface area (Å²) in [6.45, 7) is 5.20. The number of nitrogens with zero attached hydrogens (tertiary/aromatic N) is 4. The van der Waals surface area contributed by atoms with Crippen LogP contribution in [0.3, 0.4) is 0 Å². The summed E-state index contributed by atoms with van der Waals surface area (Å²) in [5.41, 5.74) is 5.38. The van der Waals surface area contributed by atoms with Gasteiger partial charge in [0.25, 0.3) is 0 Å². The van der Waals surface area contributed by atoms with Crippen molar-refractivity contribution in [3.8, 4) is 11.3 Å². The summed E-state index contributed by atoms with van der Waals surface area (Å²) in [7, 11) is 0. The van der Waals surface area contributed by atoms with Gasteiger partial charge < -0.3 is 10.5 Å². The lowest BCUT2D eigenvalue weighted by molar-refractivity contribution is 0.0544. The highest BCUT2D eigenvalue weighted by atomic mass is 79.9. The maximum Gasteiger partial charge on any atom is 0.419 e. The predicted molar refractivity (Wildman–Crippen MR) is 99.5 cm³/mol. The van der Waals surface area contributed by atoms with Gasteiger partial charge in [-0.05, 0) is 42.8 Å². The SMILES string of the molecule is CC(C)(C)OC(=O)n1cc(-c2nc(N)ncc2F)c2cc(Br)nc(Cl)c21. The number of carbonyl (C=O) groups is 1. The van der Waals surface area contributed by atoms with E-state index in [1.807, 2.05) is 0 Å². The first-order valence-electron chi connectivity index (χ1n) is 7.45. The van der Waals surface area contributed by atoms with Crippen molar-refractivity contribution in [1.29, 1.82) is 0 Å². The van der Waals surface area contributed by atoms with Crippen LogP contribution in [0, 0.1) is 5.82 Å². The molecule has 2 N–H and O–H groups in total. The summed E-state index contributed by atoms with van der Waals surface area (Å²) in [5, 5.41) is 0.508. The van der Waals surface area contributed by atoms with Crippen LogP contribution in [0.2, 0.25) is 5.15 Å². The second-order valence-corrected chi connectivity index (χ2v) is 7.62. The lowest BCUT2D eigenvalue weighted by Crippen LogP contribution is -2.26. The molecule has 0 aliphatic heterocycles. The molecule has 0 spiro atoms. The number of carbonyl (C=O) groups excluding carboxylic acids is 1. The second-order valence-electron chi connectivity index (χ2n) is 6.45. The molecule has 0 atom stereocenters. The number of aromatic nitrogens is 4. The minimum atomic E-state index is -0.728. The quantitative estimate of drug-likeness (QED) is 0.561. The number of hydrogen-bond donors (Lipinski definition) is 1. The summed E-state index contributed by atoms with van der Waals surface area (Å²) in [6, 6.07) is 1.61. The lowest BCUT2D eigenvalue weighted by Gasteiger charge is -2.19. The van der Waals surface area contributed by atoms with E-state index in [1.165, 1.54) is 10.8 Å². The zero-order chi connectivity index (χ0) is 19.2. The van der Waals surface area contributed by atoms with Crippen molar-refractivity contribution in [2.75, 3.05) is 5.73 Å². The molecule has 0 amide bonds. The number of rotatable bonds is 1. The number of ether oxygens (including phenoxy) is 1. The van der Waals surface area contributed by atoms with Crippen LogP contribution in [0.4, 0.5) is 15.1 Å². The molecule has 3 aromatic heterocycles. The normalized spacial score (nSPS) is 11.8. The molecular weight excluding hydrogens is 429 g/mol. The van der Waals surface area contributed by atoms with Crippen molar-refractivity contribution in [3.63, 3.8) is 0 Å². The van der Waals surface area contributed by atoms with Gasteiger partial charge in [-0.3, -0.25) is 0 Å². The molecule has 26 heavy (non-hydrogen) atoms. The number of halogens is 3. The van der Waals surface area contributed by atoms with Gasteiger partial charge in [0.1, 0.15) is 15.9 Å². The Kier molecular flexibility index (Phi) is 4.61. The maximum atomic E-state index is 14.3. The Balaban J connectivity index is 2.31. The molecule has 10 heteroatoms. The molecule has 0 fully saturated rings. The molecule has 3 rings (SSSR count). The van der Waals surface area contributed by atoms with E-state index in [0.29, 0.717) is 15.6 Å². The summed E-state index contributed by atoms with van der Waals surface area (Å²) in [4.78, 5) is 24.3. The molecule has 0 saturated heterocycles. The minimum Gasteiger partial charge on any atom is -0.443 e. The Morgan fingerprint density at radius 3 is 2.73 bits per heavy atom. The van der Waals surface area contributed by atoms with Crippen molar-refractivity contribution in [1.82, 2.24) is 19.5 Å². The average Bonchev–Trinajstić information content (AvgIpc) is 2.87. The molecular formula is C16H14BrClFN5O2. The van der Waals surface area contributed by atoms with E-state index >= 15 is 0 Å². The Morgan fingerprint density at radius 2 is 2.08 bits per heavy atom. The molecule has 0 aliphatic rings. The largest absolute Gasteiger partial charge is 0.443 e. The molecule has 0 saturated carbocycles. The van der Waals surface area contributed by atoms with Crippen molar-refractivity contribution < 1.29 is 13.9 Å². The van der Waals surface area contributed by atoms with Crippen LogP contribution < -0.4 is 5.73 Å². The molecule has 0 bridgehead atoms. The van der Waals surface area contributed by atoms with Gasteiger partial charge in [-0.25, -0.2) is 28.7 Å². The highest BCUT2D eigenvalue weighted by Gasteiger charge is 2.25. The van der Waals surface area contributed by atoms with Crippen LogP contribution in [-0.4, -0.2) is 31.2 Å². The van der Waals surface area contributed by atoms with Gasteiger partial charge in [-0.1, -0.05) is 11.6 Å². The Labute approximate surface area is 161 Å². The number of pyridine rings is 1. The zero-order valence-electron chi connectivity index (χ0n) is 14.0. The van der Waals surface area contributed by atoms with Crippen LogP contribution in [0.15, 0.2) is 23.1 Å². The Morgan fingerprint density at radius 1 is 1.38 bits per heavy atom. The van der Waals surface area contributed by atoms with E-state index < -0.39 is 17.5 Å². The predicted octanol–water partition coefficient (Wildman–Crippen LogP) is 4.41. The summed E-state index contributed by atoms with van der Waals surface area (Å²) in [5.74, 6) is -0.787. The van der Waals surface area contributed by atoms with Crippen LogP contribution in [0.1, 0.15) is 20.8 Å². The van der Waals surface area contributed by atoms with Gasteiger partial charge in [0.15, 0.2) is 11.0 Å². The maximum absolute atomic E-state index is 14.3. The summed E-state index contributed by atoms with van der Waals surface area (Å²) >= 11 is 9.48. The standard InChI is InChI=1S/C16H14BrClFN5O2/c1-16(2,3)26-15(25)24-6-8(11-9(19)5-21-14(20)23-11)7-4-10(17)22-13(18)12(7)24/h4-6H,1-3H3,(H2,20,21,23). The van der Waals surface area contributed by atoms with Gasteiger partial charge in [0.05, 0.1) is 11.7 Å². The van der Waals surface area contributed by atoms with Crippen molar-refractivity contribution in [2.45, 2.75) is 26.4 Å². The van der Waals surface area contributed by atoms with Crippen molar-refractivity contribution >= 4 is 50.5 Å². The monoisotopic (exact) mass is 441 g/mol. The van der Waals surface area contributed by atoms with Gasteiger partial charge in [0.2, 0.25) is 5.95 Å². The lowest BCUT2D eigenvalue weighted by atomic mass is 10.1. The molecule has 0 unspecified atom stereocenters. The van der Waals surface area contributed by atoms with Gasteiger partial charge >= 0.3 is 6.09 Å². The molecule has 0 aliphatic carbocycles. The van der Waals surface area contributed by atoms with Gasteiger partial charge in [0, 0.05) is 17.1 Å². The molecule has 7 nitrogen and oxygen atoms in total. The first-order valence-corrected chi connectivity index (χ1v) is 8.63. The molecule has 0 radical (unpaired) electrons. The first kappa shape index (κ1) is 18.5. The van der Waals surface area contributed by atoms with E-state index in [-0.39, 0.29) is 22.3 Å². The van der Waals surface area contributed by atoms with Crippen LogP contribution in [0.25, 0.3) is 22.2 Å². The van der Waals surface area contributed by atoms with E-state index in [1.54, 1.807) is 26.8 Å². The minimum absolute atomic E-state index is 0.0499. The molecule has 3 aromatic rings. The fraction of sp³-hybridized carbons (Fsp3) is 0.250. The van der Waals surface area contributed by atoms with Crippen LogP contribution in [0.5, 0.6) is 0 Å². The van der Waals surface area contributed by atoms with Gasteiger partial charge in [-0.15, -0.1) is 0 Å². The highest BCUT2D eigenvalue weighted by molar-refractivity contribution is 9.10. The Bertz CT molecular complexity index is 1030. The third-order valence-corrected chi connectivity index (χ3v) is 3.99. The van der Waals surface area contributed by atoms with E-state index in [9.17, 15) is 9.18 Å². The van der Waals surface area contributed by atoms with Gasteiger partial charge in [-0.2, -0.15) is 0 Å². The van der Waals surface area contributed by atoms with Crippen molar-refractivity contribution in [3.05, 3.63) is 34.0 Å². The number of hydrogen-bond acceptors (Lipinski definition) is 6. The van der Waals surface area contributed by atoms with E-state index in [0.717, 1.165) is 6.20 Å². The average molecular weight is 443 g/mol. The number of nitrogen functional groups attached to an aromatic ring is 1. The van der Waals surface area contributed by atoms with Crippen LogP contribution >= 0.6 is 27.5 Å². The number of nitrogens with two attached hydrogens (primary N) is 1. The summed E-state index contributed by atoms with van der Waals surface area (Å²) < 4.78 is 21.3. The molecule has 0 aromatic carbocycles. The number of anilines is 1. The van der Waals surface area contributed by atoms with E-state index in [4.69, 9.17) is 22.1 Å². The smallest absolute Gasteiger partial charge is 0.419 e. The molecule has 3 heterocycles. The first-order chi connectivity index (χ1) is 12.1. The van der Waals surface area contributed by atoms with Crippen molar-refractivity contribution in [2.24, 2.45) is 0 Å². The third-order valence-electron chi connectivity index (χ3n) is 3.32. The molecule has 136 valence electrons.